The number of thiophene rings is 1. The highest BCUT2D eigenvalue weighted by atomic mass is 32.1. The van der Waals surface area contributed by atoms with E-state index in [1.54, 1.807) is 0 Å². The Hall–Kier alpha value is -1.32. The fraction of sp³-hybridized carbons (Fsp3) is 0.412. The number of hydrogen-bond acceptors (Lipinski definition) is 3. The van der Waals surface area contributed by atoms with Crippen LogP contribution in [0.3, 0.4) is 0 Å². The van der Waals surface area contributed by atoms with Crippen LogP contribution in [0.15, 0.2) is 36.4 Å². The number of aryl methyl sites for hydroxylation is 1. The van der Waals surface area contributed by atoms with Gasteiger partial charge in [0, 0.05) is 41.6 Å². The molecule has 20 heavy (non-hydrogen) atoms. The molecule has 0 saturated carbocycles. The summed E-state index contributed by atoms with van der Waals surface area (Å²) in [5.74, 6) is 0. The zero-order valence-corrected chi connectivity index (χ0v) is 13.6. The second-order valence-corrected chi connectivity index (χ2v) is 6.86. The van der Waals surface area contributed by atoms with Crippen molar-refractivity contribution in [3.8, 4) is 0 Å². The average molecular weight is 288 g/mol. The van der Waals surface area contributed by atoms with Crippen molar-refractivity contribution in [2.75, 3.05) is 11.9 Å². The van der Waals surface area contributed by atoms with Crippen molar-refractivity contribution in [2.24, 2.45) is 0 Å². The van der Waals surface area contributed by atoms with Crippen LogP contribution in [0.5, 0.6) is 0 Å². The first-order valence-corrected chi connectivity index (χ1v) is 7.95. The highest BCUT2D eigenvalue weighted by molar-refractivity contribution is 7.12. The molecule has 2 aromatic rings. The highest BCUT2D eigenvalue weighted by Gasteiger charge is 2.09. The molecule has 0 aliphatic rings. The summed E-state index contributed by atoms with van der Waals surface area (Å²) in [6, 6.07) is 13.4. The normalized spacial score (nSPS) is 11.1. The van der Waals surface area contributed by atoms with Crippen LogP contribution < -0.4 is 10.2 Å². The van der Waals surface area contributed by atoms with Gasteiger partial charge in [-0.25, -0.2) is 0 Å². The summed E-state index contributed by atoms with van der Waals surface area (Å²) in [6.45, 7) is 8.53. The summed E-state index contributed by atoms with van der Waals surface area (Å²) >= 11 is 1.90. The van der Waals surface area contributed by atoms with Gasteiger partial charge >= 0.3 is 0 Å². The van der Waals surface area contributed by atoms with E-state index in [0.717, 1.165) is 13.1 Å². The third-order valence-corrected chi connectivity index (χ3v) is 4.45. The molecule has 1 N–H and O–H groups in total. The lowest BCUT2D eigenvalue weighted by Crippen LogP contribution is -2.21. The van der Waals surface area contributed by atoms with Crippen molar-refractivity contribution < 1.29 is 0 Å². The Morgan fingerprint density at radius 2 is 1.90 bits per heavy atom. The minimum absolute atomic E-state index is 0.535. The van der Waals surface area contributed by atoms with Gasteiger partial charge in [-0.05, 0) is 30.7 Å². The molecule has 0 bridgehead atoms. The van der Waals surface area contributed by atoms with Crippen LogP contribution in [0.2, 0.25) is 0 Å². The van der Waals surface area contributed by atoms with Crippen molar-refractivity contribution in [3.63, 3.8) is 0 Å². The van der Waals surface area contributed by atoms with Crippen LogP contribution >= 0.6 is 11.3 Å². The van der Waals surface area contributed by atoms with Gasteiger partial charge < -0.3 is 10.2 Å². The fourth-order valence-corrected chi connectivity index (χ4v) is 3.17. The van der Waals surface area contributed by atoms with Crippen LogP contribution in [-0.4, -0.2) is 13.1 Å². The molecular weight excluding hydrogens is 264 g/mol. The lowest BCUT2D eigenvalue weighted by Gasteiger charge is -2.19. The van der Waals surface area contributed by atoms with Gasteiger partial charge in [0.15, 0.2) is 0 Å². The Morgan fingerprint density at radius 1 is 1.20 bits per heavy atom. The molecule has 0 aliphatic carbocycles. The van der Waals surface area contributed by atoms with Gasteiger partial charge in [-0.2, -0.15) is 0 Å². The Bertz CT molecular complexity index is 531. The molecule has 0 unspecified atom stereocenters. The second kappa shape index (κ2) is 6.91. The molecule has 1 aromatic carbocycles. The molecule has 2 nitrogen and oxygen atoms in total. The predicted molar refractivity (Wildman–Crippen MR) is 89.6 cm³/mol. The van der Waals surface area contributed by atoms with Gasteiger partial charge in [0.25, 0.3) is 0 Å². The molecule has 0 atom stereocenters. The maximum absolute atomic E-state index is 3.48. The lowest BCUT2D eigenvalue weighted by molar-refractivity contribution is 0.593. The maximum atomic E-state index is 3.48. The van der Waals surface area contributed by atoms with Gasteiger partial charge in [-0.15, -0.1) is 11.3 Å². The van der Waals surface area contributed by atoms with E-state index >= 15 is 0 Å². The zero-order chi connectivity index (χ0) is 14.5. The molecule has 1 heterocycles. The SMILES string of the molecule is Cc1sc(CNC(C)C)cc1CN(C)c1ccccc1. The average Bonchev–Trinajstić information content (AvgIpc) is 2.78. The van der Waals surface area contributed by atoms with Crippen LogP contribution in [0, 0.1) is 6.92 Å². The minimum Gasteiger partial charge on any atom is -0.370 e. The number of rotatable bonds is 6. The molecule has 0 amide bonds. The highest BCUT2D eigenvalue weighted by Crippen LogP contribution is 2.24. The Balaban J connectivity index is 2.02. The van der Waals surface area contributed by atoms with E-state index in [2.05, 4.69) is 74.4 Å². The molecule has 0 spiro atoms. The zero-order valence-electron chi connectivity index (χ0n) is 12.8. The van der Waals surface area contributed by atoms with Crippen molar-refractivity contribution in [1.29, 1.82) is 0 Å². The molecule has 0 aliphatic heterocycles. The molecule has 108 valence electrons. The first-order valence-electron chi connectivity index (χ1n) is 7.14. The first kappa shape index (κ1) is 15.1. The van der Waals surface area contributed by atoms with E-state index in [1.807, 2.05) is 11.3 Å². The number of anilines is 1. The third-order valence-electron chi connectivity index (χ3n) is 3.36. The second-order valence-electron chi connectivity index (χ2n) is 5.52. The molecule has 0 saturated heterocycles. The van der Waals surface area contributed by atoms with Crippen molar-refractivity contribution in [3.05, 3.63) is 51.7 Å². The minimum atomic E-state index is 0.535. The van der Waals surface area contributed by atoms with Gasteiger partial charge in [-0.1, -0.05) is 32.0 Å². The van der Waals surface area contributed by atoms with E-state index in [9.17, 15) is 0 Å². The van der Waals surface area contributed by atoms with Crippen molar-refractivity contribution in [2.45, 2.75) is 39.9 Å². The number of para-hydroxylation sites is 1. The molecule has 1 aromatic heterocycles. The third kappa shape index (κ3) is 4.09. The maximum Gasteiger partial charge on any atom is 0.0437 e. The van der Waals surface area contributed by atoms with Crippen molar-refractivity contribution in [1.82, 2.24) is 5.32 Å². The number of nitrogens with zero attached hydrogens (tertiary/aromatic N) is 1. The summed E-state index contributed by atoms with van der Waals surface area (Å²) in [6.07, 6.45) is 0. The molecule has 0 fully saturated rings. The van der Waals surface area contributed by atoms with Crippen LogP contribution in [0.4, 0.5) is 5.69 Å². The van der Waals surface area contributed by atoms with Crippen LogP contribution in [-0.2, 0) is 13.1 Å². The van der Waals surface area contributed by atoms with Gasteiger partial charge in [0.1, 0.15) is 0 Å². The van der Waals surface area contributed by atoms with E-state index < -0.39 is 0 Å². The van der Waals surface area contributed by atoms with Crippen molar-refractivity contribution >= 4 is 17.0 Å². The van der Waals surface area contributed by atoms with E-state index in [1.165, 1.54) is 21.0 Å². The summed E-state index contributed by atoms with van der Waals surface area (Å²) in [5.41, 5.74) is 2.70. The smallest absolute Gasteiger partial charge is 0.0437 e. The quantitative estimate of drug-likeness (QED) is 0.857. The van der Waals surface area contributed by atoms with E-state index in [4.69, 9.17) is 0 Å². The summed E-state index contributed by atoms with van der Waals surface area (Å²) in [7, 11) is 2.15. The molecule has 2 rings (SSSR count). The summed E-state index contributed by atoms with van der Waals surface area (Å²) in [5, 5.41) is 3.48. The van der Waals surface area contributed by atoms with E-state index in [0.29, 0.717) is 6.04 Å². The molecule has 0 radical (unpaired) electrons. The van der Waals surface area contributed by atoms with Crippen LogP contribution in [0.25, 0.3) is 0 Å². The Kier molecular flexibility index (Phi) is 5.21. The number of hydrogen-bond donors (Lipinski definition) is 1. The largest absolute Gasteiger partial charge is 0.370 e. The first-order chi connectivity index (χ1) is 9.56. The molecular formula is C17H24N2S. The fourth-order valence-electron chi connectivity index (χ4n) is 2.17. The van der Waals surface area contributed by atoms with E-state index in [-0.39, 0.29) is 0 Å². The standard InChI is InChI=1S/C17H24N2S/c1-13(2)18-11-17-10-15(14(3)20-17)12-19(4)16-8-6-5-7-9-16/h5-10,13,18H,11-12H2,1-4H3. The lowest BCUT2D eigenvalue weighted by atomic mass is 10.2. The van der Waals surface area contributed by atoms with Gasteiger partial charge in [0.05, 0.1) is 0 Å². The molecule has 3 heteroatoms. The number of nitrogens with one attached hydrogen (secondary N) is 1. The van der Waals surface area contributed by atoms with Gasteiger partial charge in [-0.3, -0.25) is 0 Å². The van der Waals surface area contributed by atoms with Crippen LogP contribution in [0.1, 0.15) is 29.2 Å². The summed E-state index contributed by atoms with van der Waals surface area (Å²) in [4.78, 5) is 5.15. The topological polar surface area (TPSA) is 15.3 Å². The number of benzene rings is 1. The Labute approximate surface area is 126 Å². The van der Waals surface area contributed by atoms with Gasteiger partial charge in [0.2, 0.25) is 0 Å². The summed E-state index contributed by atoms with van der Waals surface area (Å²) < 4.78 is 0. The monoisotopic (exact) mass is 288 g/mol. The predicted octanol–water partition coefficient (Wildman–Crippen LogP) is 4.19. The Morgan fingerprint density at radius 3 is 2.55 bits per heavy atom.